The lowest BCUT2D eigenvalue weighted by atomic mass is 10.3. The van der Waals surface area contributed by atoms with Crippen LogP contribution in [0.3, 0.4) is 0 Å². The van der Waals surface area contributed by atoms with E-state index in [2.05, 4.69) is 33.9 Å². The van der Waals surface area contributed by atoms with Crippen LogP contribution < -0.4 is 5.32 Å². The van der Waals surface area contributed by atoms with Gasteiger partial charge in [-0.05, 0) is 25.3 Å². The van der Waals surface area contributed by atoms with E-state index in [0.29, 0.717) is 6.04 Å². The molecule has 0 aliphatic carbocycles. The minimum atomic E-state index is 0.466. The van der Waals surface area contributed by atoms with Crippen molar-refractivity contribution in [3.05, 3.63) is 30.6 Å². The van der Waals surface area contributed by atoms with Crippen LogP contribution in [0.1, 0.15) is 6.92 Å². The third-order valence-electron chi connectivity index (χ3n) is 2.24. The van der Waals surface area contributed by atoms with Gasteiger partial charge in [0.15, 0.2) is 0 Å². The zero-order valence-electron chi connectivity index (χ0n) is 8.97. The highest BCUT2D eigenvalue weighted by atomic mass is 32.2. The first-order chi connectivity index (χ1) is 7.31. The van der Waals surface area contributed by atoms with Gasteiger partial charge in [0.05, 0.1) is 0 Å². The van der Waals surface area contributed by atoms with Crippen LogP contribution in [0.15, 0.2) is 30.6 Å². The number of imidazole rings is 1. The fourth-order valence-corrected chi connectivity index (χ4v) is 2.19. The number of anilines is 1. The van der Waals surface area contributed by atoms with Gasteiger partial charge in [0.25, 0.3) is 0 Å². The second-order valence-corrected chi connectivity index (χ2v) is 4.48. The Hall–Kier alpha value is -1.16. The molecule has 2 aromatic rings. The second kappa shape index (κ2) is 4.57. The van der Waals surface area contributed by atoms with Crippen molar-refractivity contribution < 1.29 is 0 Å². The average Bonchev–Trinajstić information content (AvgIpc) is 2.67. The van der Waals surface area contributed by atoms with Crippen LogP contribution in [0, 0.1) is 0 Å². The Bertz CT molecular complexity index is 438. The molecule has 3 nitrogen and oxygen atoms in total. The Balaban J connectivity index is 2.23. The number of fused-ring (bicyclic) bond motifs is 1. The van der Waals surface area contributed by atoms with Gasteiger partial charge >= 0.3 is 0 Å². The smallest absolute Gasteiger partial charge is 0.138 e. The molecule has 0 spiro atoms. The molecular weight excluding hydrogens is 206 g/mol. The summed E-state index contributed by atoms with van der Waals surface area (Å²) in [5.74, 6) is 2.21. The van der Waals surface area contributed by atoms with Gasteiger partial charge in [0, 0.05) is 24.2 Å². The van der Waals surface area contributed by atoms with E-state index in [4.69, 9.17) is 0 Å². The predicted octanol–water partition coefficient (Wildman–Crippen LogP) is 2.50. The van der Waals surface area contributed by atoms with Gasteiger partial charge in [-0.15, -0.1) is 0 Å². The average molecular weight is 221 g/mol. The molecule has 0 fully saturated rings. The number of nitrogens with zero attached hydrogens (tertiary/aromatic N) is 2. The number of rotatable bonds is 4. The summed E-state index contributed by atoms with van der Waals surface area (Å²) in [5.41, 5.74) is 0.983. The molecule has 0 saturated carbocycles. The van der Waals surface area contributed by atoms with Crippen LogP contribution >= 0.6 is 11.8 Å². The highest BCUT2D eigenvalue weighted by molar-refractivity contribution is 7.98. The van der Waals surface area contributed by atoms with Crippen molar-refractivity contribution in [3.8, 4) is 0 Å². The summed E-state index contributed by atoms with van der Waals surface area (Å²) < 4.78 is 2.07. The van der Waals surface area contributed by atoms with Gasteiger partial charge in [-0.2, -0.15) is 11.8 Å². The monoisotopic (exact) mass is 221 g/mol. The zero-order valence-corrected chi connectivity index (χ0v) is 9.79. The normalized spacial score (nSPS) is 12.9. The Kier molecular flexibility index (Phi) is 3.16. The van der Waals surface area contributed by atoms with E-state index in [-0.39, 0.29) is 0 Å². The van der Waals surface area contributed by atoms with Crippen LogP contribution in [-0.2, 0) is 0 Å². The van der Waals surface area contributed by atoms with Crippen molar-refractivity contribution in [2.45, 2.75) is 13.0 Å². The van der Waals surface area contributed by atoms with Crippen LogP contribution in [0.5, 0.6) is 0 Å². The summed E-state index contributed by atoms with van der Waals surface area (Å²) in [7, 11) is 0. The minimum absolute atomic E-state index is 0.466. The first-order valence-corrected chi connectivity index (χ1v) is 6.38. The fourth-order valence-electron chi connectivity index (χ4n) is 1.61. The molecule has 0 aromatic carbocycles. The molecule has 4 heteroatoms. The molecule has 2 aromatic heterocycles. The molecule has 0 amide bonds. The summed E-state index contributed by atoms with van der Waals surface area (Å²) in [6.45, 7) is 2.19. The van der Waals surface area contributed by atoms with Crippen LogP contribution in [0.25, 0.3) is 5.65 Å². The van der Waals surface area contributed by atoms with Crippen molar-refractivity contribution in [2.24, 2.45) is 0 Å². The molecule has 0 aliphatic heterocycles. The maximum Gasteiger partial charge on any atom is 0.138 e. The van der Waals surface area contributed by atoms with Crippen molar-refractivity contribution >= 4 is 23.2 Å². The maximum atomic E-state index is 4.25. The standard InChI is InChI=1S/C11H15N3S/c1-9(8-15-2)13-11-5-3-4-10-12-6-7-14(10)11/h3-7,9,13H,8H2,1-2H3. The lowest BCUT2D eigenvalue weighted by Gasteiger charge is -2.15. The molecule has 1 atom stereocenters. The van der Waals surface area contributed by atoms with E-state index in [1.54, 1.807) is 0 Å². The Morgan fingerprint density at radius 2 is 2.40 bits per heavy atom. The number of hydrogen-bond donors (Lipinski definition) is 1. The first kappa shape index (κ1) is 10.4. The van der Waals surface area contributed by atoms with E-state index < -0.39 is 0 Å². The number of pyridine rings is 1. The highest BCUT2D eigenvalue weighted by Crippen LogP contribution is 2.12. The molecule has 2 heterocycles. The van der Waals surface area contributed by atoms with Crippen molar-refractivity contribution in [3.63, 3.8) is 0 Å². The molecule has 15 heavy (non-hydrogen) atoms. The van der Waals surface area contributed by atoms with Gasteiger partial charge in [-0.3, -0.25) is 4.40 Å². The Morgan fingerprint density at radius 1 is 1.53 bits per heavy atom. The van der Waals surface area contributed by atoms with Gasteiger partial charge in [-0.25, -0.2) is 4.98 Å². The quantitative estimate of drug-likeness (QED) is 0.860. The van der Waals surface area contributed by atoms with E-state index in [1.165, 1.54) is 0 Å². The minimum Gasteiger partial charge on any atom is -0.368 e. The molecule has 0 saturated heterocycles. The third-order valence-corrected chi connectivity index (χ3v) is 3.07. The largest absolute Gasteiger partial charge is 0.368 e. The molecule has 0 bridgehead atoms. The van der Waals surface area contributed by atoms with E-state index in [0.717, 1.165) is 17.2 Å². The highest BCUT2D eigenvalue weighted by Gasteiger charge is 2.03. The Morgan fingerprint density at radius 3 is 3.20 bits per heavy atom. The van der Waals surface area contributed by atoms with Gasteiger partial charge in [-0.1, -0.05) is 6.07 Å². The van der Waals surface area contributed by atoms with Gasteiger partial charge in [0.1, 0.15) is 11.5 Å². The zero-order chi connectivity index (χ0) is 10.7. The number of thioether (sulfide) groups is 1. The molecule has 1 N–H and O–H groups in total. The van der Waals surface area contributed by atoms with Crippen molar-refractivity contribution in [1.82, 2.24) is 9.38 Å². The SMILES string of the molecule is CSCC(C)Nc1cccc2nccn12. The summed E-state index contributed by atoms with van der Waals surface area (Å²) >= 11 is 1.85. The predicted molar refractivity (Wildman–Crippen MR) is 66.7 cm³/mol. The fraction of sp³-hybridized carbons (Fsp3) is 0.364. The van der Waals surface area contributed by atoms with Crippen LogP contribution in [0.4, 0.5) is 5.82 Å². The molecule has 80 valence electrons. The molecular formula is C11H15N3S. The van der Waals surface area contributed by atoms with E-state index in [9.17, 15) is 0 Å². The number of nitrogens with one attached hydrogen (secondary N) is 1. The van der Waals surface area contributed by atoms with Crippen molar-refractivity contribution in [1.29, 1.82) is 0 Å². The molecule has 0 aliphatic rings. The van der Waals surface area contributed by atoms with Gasteiger partial charge in [0.2, 0.25) is 0 Å². The molecule has 2 rings (SSSR count). The second-order valence-electron chi connectivity index (χ2n) is 3.57. The lowest BCUT2D eigenvalue weighted by molar-refractivity contribution is 0.896. The first-order valence-electron chi connectivity index (χ1n) is 4.99. The summed E-state index contributed by atoms with van der Waals surface area (Å²) in [5, 5.41) is 3.47. The lowest BCUT2D eigenvalue weighted by Crippen LogP contribution is -2.19. The van der Waals surface area contributed by atoms with Crippen molar-refractivity contribution in [2.75, 3.05) is 17.3 Å². The molecule has 1 unspecified atom stereocenters. The number of aromatic nitrogens is 2. The number of hydrogen-bond acceptors (Lipinski definition) is 3. The summed E-state index contributed by atoms with van der Waals surface area (Å²) in [4.78, 5) is 4.25. The van der Waals surface area contributed by atoms with E-state index in [1.807, 2.05) is 36.3 Å². The maximum absolute atomic E-state index is 4.25. The molecule has 0 radical (unpaired) electrons. The van der Waals surface area contributed by atoms with Gasteiger partial charge < -0.3 is 5.32 Å². The third kappa shape index (κ3) is 2.26. The van der Waals surface area contributed by atoms with Crippen LogP contribution in [-0.4, -0.2) is 27.4 Å². The Labute approximate surface area is 93.9 Å². The van der Waals surface area contributed by atoms with E-state index >= 15 is 0 Å². The van der Waals surface area contributed by atoms with Crippen LogP contribution in [0.2, 0.25) is 0 Å². The summed E-state index contributed by atoms with van der Waals surface area (Å²) in [6.07, 6.45) is 5.92. The topological polar surface area (TPSA) is 29.3 Å². The summed E-state index contributed by atoms with van der Waals surface area (Å²) in [6, 6.07) is 6.57.